The molecule has 0 saturated heterocycles. The maximum atomic E-state index is 12.6. The van der Waals surface area contributed by atoms with E-state index in [2.05, 4.69) is 60.7 Å². The normalized spacial score (nSPS) is 11.2. The van der Waals surface area contributed by atoms with Crippen molar-refractivity contribution in [2.45, 2.75) is 52.6 Å². The first-order valence-corrected chi connectivity index (χ1v) is 17.4. The first kappa shape index (κ1) is 24.0. The summed E-state index contributed by atoms with van der Waals surface area (Å²) < 4.78 is 5.78. The molecule has 0 fully saturated rings. The minimum atomic E-state index is -0.242. The summed E-state index contributed by atoms with van der Waals surface area (Å²) >= 11 is 4.74. The van der Waals surface area contributed by atoms with Crippen LogP contribution in [0.15, 0.2) is 48.5 Å². The molecule has 2 nitrogen and oxygen atoms in total. The van der Waals surface area contributed by atoms with Gasteiger partial charge in [0.2, 0.25) is 0 Å². The number of rotatable bonds is 3. The predicted molar refractivity (Wildman–Crippen MR) is 123 cm³/mol. The molecular formula is C21H26I2O2V. The van der Waals surface area contributed by atoms with Crippen LogP contribution in [0.2, 0.25) is 0 Å². The third kappa shape index (κ3) is 8.32. The van der Waals surface area contributed by atoms with Gasteiger partial charge in [0.05, 0.1) is 0 Å². The topological polar surface area (TPSA) is 26.3 Å². The Morgan fingerprint density at radius 2 is 1.19 bits per heavy atom. The van der Waals surface area contributed by atoms with E-state index in [1.165, 1.54) is 5.56 Å². The zero-order valence-electron chi connectivity index (χ0n) is 16.1. The monoisotopic (exact) mass is 615 g/mol. The van der Waals surface area contributed by atoms with Crippen molar-refractivity contribution in [3.05, 3.63) is 65.2 Å². The van der Waals surface area contributed by atoms with Crippen LogP contribution < -0.4 is 4.74 Å². The molecule has 0 heterocycles. The van der Waals surface area contributed by atoms with Gasteiger partial charge in [-0.1, -0.05) is 45.0 Å². The van der Waals surface area contributed by atoms with E-state index < -0.39 is 0 Å². The van der Waals surface area contributed by atoms with Gasteiger partial charge in [0, 0.05) is 11.1 Å². The summed E-state index contributed by atoms with van der Waals surface area (Å²) in [6.07, 6.45) is 0. The molecular weight excluding hydrogens is 589 g/mol. The Kier molecular flexibility index (Phi) is 9.68. The fourth-order valence-corrected chi connectivity index (χ4v) is 2.32. The van der Waals surface area contributed by atoms with Crippen molar-refractivity contribution in [2.75, 3.05) is 0 Å². The Morgan fingerprint density at radius 1 is 0.808 bits per heavy atom. The third-order valence-corrected chi connectivity index (χ3v) is 3.55. The van der Waals surface area contributed by atoms with E-state index in [1.807, 2.05) is 69.3 Å². The molecule has 0 atom stereocenters. The number of ketones is 1. The molecule has 0 N–H and O–H groups in total. The second kappa shape index (κ2) is 10.5. The van der Waals surface area contributed by atoms with E-state index in [9.17, 15) is 4.79 Å². The molecule has 0 aliphatic rings. The van der Waals surface area contributed by atoms with Crippen LogP contribution in [-0.2, 0) is 14.9 Å². The molecule has 0 radical (unpaired) electrons. The summed E-state index contributed by atoms with van der Waals surface area (Å²) in [6, 6.07) is 15.2. The van der Waals surface area contributed by atoms with Crippen LogP contribution in [0.4, 0.5) is 0 Å². The molecule has 2 aromatic rings. The minimum absolute atomic E-state index is 0.0350. The van der Waals surface area contributed by atoms with Crippen LogP contribution in [0.5, 0.6) is 5.75 Å². The van der Waals surface area contributed by atoms with Gasteiger partial charge in [0.1, 0.15) is 11.4 Å². The van der Waals surface area contributed by atoms with E-state index in [1.54, 1.807) is 0 Å². The average molecular weight is 615 g/mol. The number of carbonyl (C=O) groups is 1. The van der Waals surface area contributed by atoms with E-state index in [0.717, 1.165) is 5.75 Å². The second-order valence-electron chi connectivity index (χ2n) is 7.96. The van der Waals surface area contributed by atoms with Gasteiger partial charge in [0.25, 0.3) is 0 Å². The van der Waals surface area contributed by atoms with Gasteiger partial charge in [-0.15, -0.1) is 0 Å². The van der Waals surface area contributed by atoms with Crippen LogP contribution in [0.1, 0.15) is 63.0 Å². The fraction of sp³-hybridized carbons (Fsp3) is 0.381. The molecule has 2 rings (SSSR count). The van der Waals surface area contributed by atoms with Crippen molar-refractivity contribution >= 4 is 45.7 Å². The van der Waals surface area contributed by atoms with Crippen LogP contribution in [0, 0.1) is 0 Å². The second-order valence-corrected chi connectivity index (χ2v) is 19.7. The number of halogens is 2. The van der Waals surface area contributed by atoms with Crippen LogP contribution in [0.3, 0.4) is 0 Å². The Hall–Kier alpha value is -0.0456. The van der Waals surface area contributed by atoms with Gasteiger partial charge in [-0.05, 0) is 56.0 Å². The Balaban J connectivity index is 0.00000105. The number of benzene rings is 2. The average Bonchev–Trinajstić information content (AvgIpc) is 2.53. The van der Waals surface area contributed by atoms with Crippen LogP contribution in [0.25, 0.3) is 0 Å². The number of hydrogen-bond acceptors (Lipinski definition) is 2. The van der Waals surface area contributed by atoms with E-state index in [-0.39, 0.29) is 16.8 Å². The van der Waals surface area contributed by atoms with Gasteiger partial charge >= 0.3 is 49.4 Å². The van der Waals surface area contributed by atoms with E-state index in [0.29, 0.717) is 20.6 Å². The molecule has 0 amide bonds. The quantitative estimate of drug-likeness (QED) is 0.271. The van der Waals surface area contributed by atoms with Crippen molar-refractivity contribution in [3.8, 4) is 5.75 Å². The summed E-state index contributed by atoms with van der Waals surface area (Å²) in [5.74, 6) is 0.810. The van der Waals surface area contributed by atoms with E-state index >= 15 is 0 Å². The molecule has 2 aromatic carbocycles. The molecule has 0 aromatic heterocycles. The standard InChI is InChI=1S/C21H26O2.2HI.V/c1-20(2,3)17-11-7-15(8-12-17)19(22)16-9-13-18(14-10-16)23-21(4,5)6;;;/h7-14H,1-6H3;2*1H;/q;;;+2/p-2. The molecule has 0 aliphatic carbocycles. The summed E-state index contributed by atoms with van der Waals surface area (Å²) in [4.78, 5) is 12.6. The number of ether oxygens (including phenoxy) is 1. The van der Waals surface area contributed by atoms with Crippen molar-refractivity contribution in [1.82, 2.24) is 0 Å². The van der Waals surface area contributed by atoms with Crippen LogP contribution >= 0.6 is 40.0 Å². The summed E-state index contributed by atoms with van der Waals surface area (Å²) in [7, 11) is 0.628. The first-order chi connectivity index (χ1) is 12.0. The van der Waals surface area contributed by atoms with Gasteiger partial charge in [-0.2, -0.15) is 0 Å². The predicted octanol–water partition coefficient (Wildman–Crippen LogP) is 7.16. The Morgan fingerprint density at radius 3 is 1.54 bits per heavy atom. The van der Waals surface area contributed by atoms with E-state index in [4.69, 9.17) is 4.74 Å². The van der Waals surface area contributed by atoms with Gasteiger partial charge < -0.3 is 4.74 Å². The molecule has 0 saturated carbocycles. The van der Waals surface area contributed by atoms with Gasteiger partial charge in [0.15, 0.2) is 5.78 Å². The summed E-state index contributed by atoms with van der Waals surface area (Å²) in [6.45, 7) is 12.5. The SMILES string of the molecule is CC(C)(C)Oc1ccc(C(=O)c2ccc(C(C)(C)C)cc2)cc1.[I][V][I]. The van der Waals surface area contributed by atoms with Crippen molar-refractivity contribution in [3.63, 3.8) is 0 Å². The van der Waals surface area contributed by atoms with Crippen molar-refractivity contribution in [2.24, 2.45) is 0 Å². The molecule has 141 valence electrons. The Labute approximate surface area is 186 Å². The fourth-order valence-electron chi connectivity index (χ4n) is 2.32. The zero-order valence-corrected chi connectivity index (χ0v) is 21.9. The van der Waals surface area contributed by atoms with Gasteiger partial charge in [-0.3, -0.25) is 4.79 Å². The third-order valence-electron chi connectivity index (χ3n) is 3.55. The zero-order chi connectivity index (χ0) is 20.0. The van der Waals surface area contributed by atoms with Crippen LogP contribution in [-0.4, -0.2) is 11.4 Å². The summed E-state index contributed by atoms with van der Waals surface area (Å²) in [5, 5.41) is 0. The number of hydrogen-bond donors (Lipinski definition) is 0. The summed E-state index contributed by atoms with van der Waals surface area (Å²) in [5.41, 5.74) is 2.46. The number of carbonyl (C=O) groups excluding carboxylic acids is 1. The molecule has 0 aliphatic heterocycles. The maximum absolute atomic E-state index is 12.6. The molecule has 26 heavy (non-hydrogen) atoms. The molecule has 0 bridgehead atoms. The van der Waals surface area contributed by atoms with Crippen molar-refractivity contribution in [1.29, 1.82) is 0 Å². The molecule has 0 spiro atoms. The molecule has 0 unspecified atom stereocenters. The van der Waals surface area contributed by atoms with Crippen molar-refractivity contribution < 1.29 is 19.0 Å². The van der Waals surface area contributed by atoms with Gasteiger partial charge in [-0.25, -0.2) is 0 Å². The molecule has 5 heteroatoms. The first-order valence-electron chi connectivity index (χ1n) is 8.34. The Bertz CT molecular complexity index is 697.